The van der Waals surface area contributed by atoms with Crippen LogP contribution in [0.1, 0.15) is 29.8 Å². The van der Waals surface area contributed by atoms with Gasteiger partial charge in [0.15, 0.2) is 0 Å². The number of nitrogens with one attached hydrogen (secondary N) is 1. The molecule has 0 unspecified atom stereocenters. The average Bonchev–Trinajstić information content (AvgIpc) is 2.67. The second-order valence-electron chi connectivity index (χ2n) is 6.45. The summed E-state index contributed by atoms with van der Waals surface area (Å²) < 4.78 is 11.5. The summed E-state index contributed by atoms with van der Waals surface area (Å²) in [7, 11) is 0. The molecule has 4 nitrogen and oxygen atoms in total. The van der Waals surface area contributed by atoms with Crippen molar-refractivity contribution >= 4 is 11.6 Å². The van der Waals surface area contributed by atoms with Gasteiger partial charge >= 0.3 is 0 Å². The molecule has 0 aliphatic carbocycles. The molecule has 0 fully saturated rings. The molecule has 3 aromatic rings. The number of carbonyl (C=O) groups excluding carboxylic acids is 1. The van der Waals surface area contributed by atoms with E-state index in [-0.39, 0.29) is 12.0 Å². The van der Waals surface area contributed by atoms with Crippen molar-refractivity contribution in [2.75, 3.05) is 5.32 Å². The summed E-state index contributed by atoms with van der Waals surface area (Å²) in [6.45, 7) is 4.39. The minimum Gasteiger partial charge on any atom is -0.491 e. The van der Waals surface area contributed by atoms with Crippen molar-refractivity contribution in [3.8, 4) is 11.5 Å². The Balaban J connectivity index is 1.65. The fourth-order valence-electron chi connectivity index (χ4n) is 2.59. The number of rotatable bonds is 7. The molecule has 0 saturated carbocycles. The van der Waals surface area contributed by atoms with Gasteiger partial charge in [-0.3, -0.25) is 4.79 Å². The summed E-state index contributed by atoms with van der Waals surface area (Å²) >= 11 is 0. The molecule has 0 aliphatic rings. The highest BCUT2D eigenvalue weighted by Crippen LogP contribution is 2.20. The van der Waals surface area contributed by atoms with Crippen molar-refractivity contribution in [1.29, 1.82) is 0 Å². The molecule has 0 saturated heterocycles. The second-order valence-corrected chi connectivity index (χ2v) is 6.45. The standard InChI is InChI=1S/C23H23NO3/c1-17(2)27-22-13-7-11-20(15-22)24-23(25)19-10-6-12-21(14-19)26-16-18-8-4-3-5-9-18/h3-15,17H,16H2,1-2H3,(H,24,25). The first-order chi connectivity index (χ1) is 13.1. The smallest absolute Gasteiger partial charge is 0.255 e. The number of carbonyl (C=O) groups is 1. The second kappa shape index (κ2) is 8.90. The van der Waals surface area contributed by atoms with E-state index >= 15 is 0 Å². The van der Waals surface area contributed by atoms with Crippen molar-refractivity contribution < 1.29 is 14.3 Å². The fourth-order valence-corrected chi connectivity index (χ4v) is 2.59. The minimum absolute atomic E-state index is 0.0781. The molecule has 1 amide bonds. The lowest BCUT2D eigenvalue weighted by Crippen LogP contribution is -2.12. The summed E-state index contributed by atoms with van der Waals surface area (Å²) in [5.74, 6) is 1.19. The van der Waals surface area contributed by atoms with Crippen LogP contribution in [0.2, 0.25) is 0 Å². The van der Waals surface area contributed by atoms with E-state index in [0.29, 0.717) is 23.6 Å². The SMILES string of the molecule is CC(C)Oc1cccc(NC(=O)c2cccc(OCc3ccccc3)c2)c1. The zero-order valence-electron chi connectivity index (χ0n) is 15.5. The molecular formula is C23H23NO3. The van der Waals surface area contributed by atoms with Crippen LogP contribution in [0.3, 0.4) is 0 Å². The van der Waals surface area contributed by atoms with Crippen molar-refractivity contribution in [2.45, 2.75) is 26.6 Å². The molecule has 0 bridgehead atoms. The van der Waals surface area contributed by atoms with Crippen molar-refractivity contribution in [3.05, 3.63) is 90.0 Å². The predicted octanol–water partition coefficient (Wildman–Crippen LogP) is 5.31. The molecule has 3 rings (SSSR count). The number of ether oxygens (including phenoxy) is 2. The predicted molar refractivity (Wildman–Crippen MR) is 107 cm³/mol. The Morgan fingerprint density at radius 3 is 2.41 bits per heavy atom. The molecular weight excluding hydrogens is 338 g/mol. The third kappa shape index (κ3) is 5.61. The van der Waals surface area contributed by atoms with E-state index in [1.54, 1.807) is 12.1 Å². The van der Waals surface area contributed by atoms with E-state index in [4.69, 9.17) is 9.47 Å². The Morgan fingerprint density at radius 2 is 1.63 bits per heavy atom. The van der Waals surface area contributed by atoms with Crippen molar-refractivity contribution in [1.82, 2.24) is 0 Å². The summed E-state index contributed by atoms with van der Waals surface area (Å²) in [6.07, 6.45) is 0.0781. The van der Waals surface area contributed by atoms with Gasteiger partial charge in [0, 0.05) is 17.3 Å². The van der Waals surface area contributed by atoms with Crippen LogP contribution in [0.25, 0.3) is 0 Å². The fraction of sp³-hybridized carbons (Fsp3) is 0.174. The summed E-state index contributed by atoms with van der Waals surface area (Å²) in [6, 6.07) is 24.5. The van der Waals surface area contributed by atoms with Crippen LogP contribution in [-0.2, 0) is 6.61 Å². The van der Waals surface area contributed by atoms with E-state index in [2.05, 4.69) is 5.32 Å². The summed E-state index contributed by atoms with van der Waals surface area (Å²) in [4.78, 5) is 12.6. The van der Waals surface area contributed by atoms with Gasteiger partial charge in [0.25, 0.3) is 5.91 Å². The van der Waals surface area contributed by atoms with Gasteiger partial charge in [-0.15, -0.1) is 0 Å². The minimum atomic E-state index is -0.193. The molecule has 0 heterocycles. The van der Waals surface area contributed by atoms with Gasteiger partial charge in [0.2, 0.25) is 0 Å². The lowest BCUT2D eigenvalue weighted by Gasteiger charge is -2.12. The average molecular weight is 361 g/mol. The molecule has 4 heteroatoms. The van der Waals surface area contributed by atoms with E-state index in [1.807, 2.05) is 80.6 Å². The third-order valence-corrected chi connectivity index (χ3v) is 3.81. The van der Waals surface area contributed by atoms with E-state index < -0.39 is 0 Å². The number of amides is 1. The molecule has 1 N–H and O–H groups in total. The molecule has 0 atom stereocenters. The van der Waals surface area contributed by atoms with Gasteiger partial charge < -0.3 is 14.8 Å². The topological polar surface area (TPSA) is 47.6 Å². The van der Waals surface area contributed by atoms with Crippen LogP contribution in [0, 0.1) is 0 Å². The molecule has 0 radical (unpaired) electrons. The normalized spacial score (nSPS) is 10.5. The number of anilines is 1. The maximum atomic E-state index is 12.6. The highest BCUT2D eigenvalue weighted by Gasteiger charge is 2.08. The Hall–Kier alpha value is -3.27. The Bertz CT molecular complexity index is 891. The lowest BCUT2D eigenvalue weighted by molar-refractivity contribution is 0.102. The van der Waals surface area contributed by atoms with Crippen molar-refractivity contribution in [3.63, 3.8) is 0 Å². The molecule has 27 heavy (non-hydrogen) atoms. The highest BCUT2D eigenvalue weighted by molar-refractivity contribution is 6.04. The molecule has 138 valence electrons. The molecule has 0 aliphatic heterocycles. The monoisotopic (exact) mass is 361 g/mol. The zero-order chi connectivity index (χ0) is 19.1. The first-order valence-corrected chi connectivity index (χ1v) is 8.95. The van der Waals surface area contributed by atoms with Crippen LogP contribution in [0.5, 0.6) is 11.5 Å². The highest BCUT2D eigenvalue weighted by atomic mass is 16.5. The van der Waals surface area contributed by atoms with Crippen LogP contribution in [-0.4, -0.2) is 12.0 Å². The van der Waals surface area contributed by atoms with Crippen molar-refractivity contribution in [2.24, 2.45) is 0 Å². The van der Waals surface area contributed by atoms with Crippen LogP contribution < -0.4 is 14.8 Å². The lowest BCUT2D eigenvalue weighted by atomic mass is 10.2. The molecule has 0 spiro atoms. The molecule has 0 aromatic heterocycles. The van der Waals surface area contributed by atoms with E-state index in [9.17, 15) is 4.79 Å². The van der Waals surface area contributed by atoms with Gasteiger partial charge in [-0.2, -0.15) is 0 Å². The Labute approximate surface area is 159 Å². The van der Waals surface area contributed by atoms with Gasteiger partial charge in [0.1, 0.15) is 18.1 Å². The summed E-state index contributed by atoms with van der Waals surface area (Å²) in [5, 5.41) is 2.90. The van der Waals surface area contributed by atoms with Crippen LogP contribution >= 0.6 is 0 Å². The third-order valence-electron chi connectivity index (χ3n) is 3.81. The van der Waals surface area contributed by atoms with Gasteiger partial charge in [-0.05, 0) is 49.7 Å². The maximum Gasteiger partial charge on any atom is 0.255 e. The van der Waals surface area contributed by atoms with Crippen LogP contribution in [0.4, 0.5) is 5.69 Å². The Morgan fingerprint density at radius 1 is 0.889 bits per heavy atom. The van der Waals surface area contributed by atoms with Gasteiger partial charge in [0.05, 0.1) is 6.10 Å². The number of hydrogen-bond donors (Lipinski definition) is 1. The van der Waals surface area contributed by atoms with Gasteiger partial charge in [-0.25, -0.2) is 0 Å². The first kappa shape index (κ1) is 18.5. The first-order valence-electron chi connectivity index (χ1n) is 8.95. The number of hydrogen-bond acceptors (Lipinski definition) is 3. The number of benzene rings is 3. The van der Waals surface area contributed by atoms with E-state index in [0.717, 1.165) is 11.3 Å². The summed E-state index contributed by atoms with van der Waals surface area (Å²) in [5.41, 5.74) is 2.30. The molecule has 3 aromatic carbocycles. The quantitative estimate of drug-likeness (QED) is 0.621. The van der Waals surface area contributed by atoms with Gasteiger partial charge in [-0.1, -0.05) is 42.5 Å². The zero-order valence-corrected chi connectivity index (χ0v) is 15.5. The largest absolute Gasteiger partial charge is 0.491 e. The maximum absolute atomic E-state index is 12.6. The van der Waals surface area contributed by atoms with Crippen LogP contribution in [0.15, 0.2) is 78.9 Å². The van der Waals surface area contributed by atoms with E-state index in [1.165, 1.54) is 0 Å². The Kier molecular flexibility index (Phi) is 6.10.